The number of hydrogen-bond donors (Lipinski definition) is 2. The van der Waals surface area contributed by atoms with Crippen molar-refractivity contribution >= 4 is 23.6 Å². The number of esters is 1. The Morgan fingerprint density at radius 3 is 2.16 bits per heavy atom. The fourth-order valence-corrected chi connectivity index (χ4v) is 2.61. The normalized spacial score (nSPS) is 10.1. The summed E-state index contributed by atoms with van der Waals surface area (Å²) in [6.45, 7) is 5.65. The molecule has 0 saturated carbocycles. The molecule has 32 heavy (non-hydrogen) atoms. The maximum absolute atomic E-state index is 12.0. The molecular weight excluding hydrogens is 416 g/mol. The summed E-state index contributed by atoms with van der Waals surface area (Å²) in [5.74, 6) is 0.0282. The third-order valence-corrected chi connectivity index (χ3v) is 4.11. The van der Waals surface area contributed by atoms with Crippen molar-refractivity contribution in [2.45, 2.75) is 27.2 Å². The summed E-state index contributed by atoms with van der Waals surface area (Å²) in [5, 5.41) is 4.60. The van der Waals surface area contributed by atoms with Crippen LogP contribution in [-0.4, -0.2) is 44.3 Å². The number of rotatable bonds is 11. The zero-order chi connectivity index (χ0) is 23.3. The molecule has 0 spiro atoms. The molecule has 0 heterocycles. The van der Waals surface area contributed by atoms with Crippen molar-refractivity contribution < 1.29 is 33.3 Å². The first kappa shape index (κ1) is 24.5. The van der Waals surface area contributed by atoms with Gasteiger partial charge in [-0.2, -0.15) is 0 Å². The average Bonchev–Trinajstić information content (AvgIpc) is 2.78. The number of imide groups is 1. The molecule has 0 fully saturated rings. The quantitative estimate of drug-likeness (QED) is 0.511. The molecule has 0 saturated heterocycles. The Labute approximate surface area is 187 Å². The van der Waals surface area contributed by atoms with E-state index in [2.05, 4.69) is 10.6 Å². The van der Waals surface area contributed by atoms with Crippen LogP contribution in [0.25, 0.3) is 0 Å². The number of urea groups is 1. The summed E-state index contributed by atoms with van der Waals surface area (Å²) in [7, 11) is 0. The van der Waals surface area contributed by atoms with E-state index in [4.69, 9.17) is 18.9 Å². The second-order valence-corrected chi connectivity index (χ2v) is 6.48. The first-order valence-corrected chi connectivity index (χ1v) is 10.3. The molecule has 2 N–H and O–H groups in total. The lowest BCUT2D eigenvalue weighted by Gasteiger charge is -2.13. The minimum atomic E-state index is -0.779. The number of ether oxygens (including phenoxy) is 4. The monoisotopic (exact) mass is 444 g/mol. The van der Waals surface area contributed by atoms with Gasteiger partial charge in [0.15, 0.2) is 24.7 Å². The van der Waals surface area contributed by atoms with Gasteiger partial charge in [0.2, 0.25) is 0 Å². The minimum Gasteiger partial charge on any atom is -0.490 e. The Morgan fingerprint density at radius 1 is 0.812 bits per heavy atom. The molecule has 0 unspecified atom stereocenters. The predicted octanol–water partition coefficient (Wildman–Crippen LogP) is 3.32. The second kappa shape index (κ2) is 12.8. The van der Waals surface area contributed by atoms with Crippen LogP contribution in [0.4, 0.5) is 10.5 Å². The van der Waals surface area contributed by atoms with E-state index in [-0.39, 0.29) is 6.61 Å². The highest BCUT2D eigenvalue weighted by molar-refractivity contribution is 6.02. The molecule has 2 rings (SSSR count). The zero-order valence-electron chi connectivity index (χ0n) is 18.4. The van der Waals surface area contributed by atoms with E-state index in [1.165, 1.54) is 0 Å². The molecule has 0 aliphatic heterocycles. The Bertz CT molecular complexity index is 913. The molecular formula is C23H28N2O7. The topological polar surface area (TPSA) is 112 Å². The third-order valence-electron chi connectivity index (χ3n) is 4.11. The van der Waals surface area contributed by atoms with Gasteiger partial charge in [-0.05, 0) is 50.1 Å². The molecule has 9 nitrogen and oxygen atoms in total. The Balaban J connectivity index is 1.75. The summed E-state index contributed by atoms with van der Waals surface area (Å²) in [6.07, 6.45) is 0.900. The molecule has 2 aromatic rings. The molecule has 0 bridgehead atoms. The first-order chi connectivity index (χ1) is 15.4. The van der Waals surface area contributed by atoms with Gasteiger partial charge < -0.3 is 24.3 Å². The van der Waals surface area contributed by atoms with Gasteiger partial charge in [0, 0.05) is 11.8 Å². The van der Waals surface area contributed by atoms with E-state index < -0.39 is 24.5 Å². The van der Waals surface area contributed by atoms with Crippen LogP contribution in [0.15, 0.2) is 42.5 Å². The van der Waals surface area contributed by atoms with Gasteiger partial charge in [0.05, 0.1) is 13.2 Å². The Hall–Kier alpha value is -3.75. The highest BCUT2D eigenvalue weighted by Crippen LogP contribution is 2.30. The van der Waals surface area contributed by atoms with Crippen molar-refractivity contribution in [1.29, 1.82) is 0 Å². The van der Waals surface area contributed by atoms with Crippen molar-refractivity contribution in [3.63, 3.8) is 0 Å². The van der Waals surface area contributed by atoms with E-state index in [9.17, 15) is 14.4 Å². The molecule has 0 aliphatic rings. The SMILES string of the molecule is CCOc1ccc(NC(=O)NC(=O)COC(=O)COc2ccc(CC)cc2)cc1OCC. The van der Waals surface area contributed by atoms with Crippen LogP contribution < -0.4 is 24.8 Å². The molecule has 172 valence electrons. The third kappa shape index (κ3) is 8.17. The second-order valence-electron chi connectivity index (χ2n) is 6.48. The van der Waals surface area contributed by atoms with Gasteiger partial charge in [-0.3, -0.25) is 10.1 Å². The predicted molar refractivity (Wildman–Crippen MR) is 118 cm³/mol. The molecule has 0 aromatic heterocycles. The van der Waals surface area contributed by atoms with Crippen molar-refractivity contribution in [1.82, 2.24) is 5.32 Å². The van der Waals surface area contributed by atoms with Crippen LogP contribution in [0.5, 0.6) is 17.2 Å². The highest BCUT2D eigenvalue weighted by Gasteiger charge is 2.13. The lowest BCUT2D eigenvalue weighted by atomic mass is 10.2. The standard InChI is InChI=1S/C23H28N2O7/c1-4-16-7-10-18(11-8-16)31-15-22(27)32-14-21(26)25-23(28)24-17-9-12-19(29-5-2)20(13-17)30-6-3/h7-13H,4-6,14-15H2,1-3H3,(H2,24,25,26,28). The number of anilines is 1. The number of benzene rings is 2. The number of aryl methyl sites for hydroxylation is 1. The van der Waals surface area contributed by atoms with E-state index in [0.717, 1.165) is 12.0 Å². The van der Waals surface area contributed by atoms with Crippen LogP contribution in [0.1, 0.15) is 26.3 Å². The molecule has 3 amide bonds. The fourth-order valence-electron chi connectivity index (χ4n) is 2.61. The highest BCUT2D eigenvalue weighted by atomic mass is 16.6. The molecule has 0 atom stereocenters. The van der Waals surface area contributed by atoms with Gasteiger partial charge in [0.1, 0.15) is 5.75 Å². The Morgan fingerprint density at radius 2 is 1.50 bits per heavy atom. The van der Waals surface area contributed by atoms with Crippen molar-refractivity contribution in [3.05, 3.63) is 48.0 Å². The van der Waals surface area contributed by atoms with Gasteiger partial charge in [-0.15, -0.1) is 0 Å². The molecule has 2 aromatic carbocycles. The zero-order valence-corrected chi connectivity index (χ0v) is 18.4. The molecule has 0 aliphatic carbocycles. The number of carbonyl (C=O) groups is 3. The number of nitrogens with one attached hydrogen (secondary N) is 2. The number of amides is 3. The van der Waals surface area contributed by atoms with Crippen LogP contribution in [-0.2, 0) is 20.7 Å². The lowest BCUT2D eigenvalue weighted by Crippen LogP contribution is -2.37. The maximum atomic E-state index is 12.0. The van der Waals surface area contributed by atoms with Crippen LogP contribution >= 0.6 is 0 Å². The summed E-state index contributed by atoms with van der Waals surface area (Å²) >= 11 is 0. The fraction of sp³-hybridized carbons (Fsp3) is 0.348. The summed E-state index contributed by atoms with van der Waals surface area (Å²) < 4.78 is 21.1. The van der Waals surface area contributed by atoms with Crippen molar-refractivity contribution in [3.8, 4) is 17.2 Å². The first-order valence-electron chi connectivity index (χ1n) is 10.3. The van der Waals surface area contributed by atoms with Gasteiger partial charge in [-0.1, -0.05) is 19.1 Å². The summed E-state index contributed by atoms with van der Waals surface area (Å²) in [5.41, 5.74) is 1.55. The molecule has 9 heteroatoms. The van der Waals surface area contributed by atoms with E-state index in [1.807, 2.05) is 32.9 Å². The molecule has 0 radical (unpaired) electrons. The van der Waals surface area contributed by atoms with Gasteiger partial charge in [-0.25, -0.2) is 9.59 Å². The lowest BCUT2D eigenvalue weighted by molar-refractivity contribution is -0.150. The summed E-state index contributed by atoms with van der Waals surface area (Å²) in [6, 6.07) is 11.4. The number of hydrogen-bond acceptors (Lipinski definition) is 7. The van der Waals surface area contributed by atoms with E-state index >= 15 is 0 Å². The van der Waals surface area contributed by atoms with E-state index in [0.29, 0.717) is 36.1 Å². The maximum Gasteiger partial charge on any atom is 0.344 e. The largest absolute Gasteiger partial charge is 0.490 e. The van der Waals surface area contributed by atoms with Gasteiger partial charge >= 0.3 is 12.0 Å². The Kier molecular flexibility index (Phi) is 9.83. The summed E-state index contributed by atoms with van der Waals surface area (Å²) in [4.78, 5) is 35.6. The van der Waals surface area contributed by atoms with E-state index in [1.54, 1.807) is 30.3 Å². The minimum absolute atomic E-state index is 0.350. The van der Waals surface area contributed by atoms with Crippen LogP contribution in [0.3, 0.4) is 0 Å². The number of carbonyl (C=O) groups excluding carboxylic acids is 3. The van der Waals surface area contributed by atoms with Crippen molar-refractivity contribution in [2.75, 3.05) is 31.7 Å². The van der Waals surface area contributed by atoms with Gasteiger partial charge in [0.25, 0.3) is 5.91 Å². The van der Waals surface area contributed by atoms with Crippen LogP contribution in [0.2, 0.25) is 0 Å². The smallest absolute Gasteiger partial charge is 0.344 e. The van der Waals surface area contributed by atoms with Crippen LogP contribution in [0, 0.1) is 0 Å². The average molecular weight is 444 g/mol. The van der Waals surface area contributed by atoms with Crippen molar-refractivity contribution in [2.24, 2.45) is 0 Å².